The van der Waals surface area contributed by atoms with Crippen LogP contribution in [0.1, 0.15) is 12.8 Å². The van der Waals surface area contributed by atoms with Crippen molar-refractivity contribution < 1.29 is 4.74 Å². The number of rotatable bonds is 0. The van der Waals surface area contributed by atoms with Crippen LogP contribution in [0.4, 0.5) is 0 Å². The van der Waals surface area contributed by atoms with Crippen molar-refractivity contribution in [2.24, 2.45) is 0 Å². The summed E-state index contributed by atoms with van der Waals surface area (Å²) < 4.78 is 5.26. The van der Waals surface area contributed by atoms with E-state index in [9.17, 15) is 0 Å². The molecule has 0 amide bonds. The third-order valence-corrected chi connectivity index (χ3v) is 1.71. The van der Waals surface area contributed by atoms with Crippen molar-refractivity contribution in [1.29, 1.82) is 0 Å². The zero-order chi connectivity index (χ0) is 6.10. The van der Waals surface area contributed by atoms with Gasteiger partial charge in [-0.3, -0.25) is 0 Å². The van der Waals surface area contributed by atoms with Crippen molar-refractivity contribution in [3.8, 4) is 0 Å². The van der Waals surface area contributed by atoms with Crippen LogP contribution in [-0.2, 0) is 4.74 Å². The predicted molar refractivity (Wildman–Crippen MR) is 36.2 cm³/mol. The van der Waals surface area contributed by atoms with Gasteiger partial charge < -0.3 is 4.74 Å². The van der Waals surface area contributed by atoms with E-state index in [-0.39, 0.29) is 0 Å². The molecule has 1 saturated heterocycles. The Morgan fingerprint density at radius 1 is 1.00 bits per heavy atom. The molecule has 1 heterocycles. The molecule has 0 bridgehead atoms. The summed E-state index contributed by atoms with van der Waals surface area (Å²) in [6, 6.07) is 0. The van der Waals surface area contributed by atoms with E-state index >= 15 is 0 Å². The molecule has 9 heavy (non-hydrogen) atoms. The quantitative estimate of drug-likeness (QED) is 0.351. The third-order valence-electron chi connectivity index (χ3n) is 1.71. The summed E-state index contributed by atoms with van der Waals surface area (Å²) in [6.07, 6.45) is 11.9. The fraction of sp³-hybridized carbons (Fsp3) is 0.500. The standard InChI is InChI=1S/C8H10O/c1-2-4-6-8-7(9-8)5-3-1/h3-8H,1-2H2/b5-3-,6-4-. The van der Waals surface area contributed by atoms with Gasteiger partial charge in [-0.2, -0.15) is 0 Å². The lowest BCUT2D eigenvalue weighted by molar-refractivity contribution is 0.413. The van der Waals surface area contributed by atoms with Crippen LogP contribution in [0.5, 0.6) is 0 Å². The van der Waals surface area contributed by atoms with Crippen molar-refractivity contribution in [2.45, 2.75) is 25.0 Å². The molecule has 1 fully saturated rings. The molecule has 48 valence electrons. The van der Waals surface area contributed by atoms with Gasteiger partial charge in [-0.1, -0.05) is 24.3 Å². The minimum Gasteiger partial charge on any atom is -0.361 e. The Balaban J connectivity index is 2.05. The summed E-state index contributed by atoms with van der Waals surface area (Å²) in [7, 11) is 0. The molecule has 0 aromatic carbocycles. The Labute approximate surface area is 55.0 Å². The summed E-state index contributed by atoms with van der Waals surface area (Å²) >= 11 is 0. The first kappa shape index (κ1) is 5.24. The average molecular weight is 122 g/mol. The maximum atomic E-state index is 5.26. The van der Waals surface area contributed by atoms with Crippen LogP contribution >= 0.6 is 0 Å². The number of ether oxygens (including phenoxy) is 1. The topological polar surface area (TPSA) is 12.5 Å². The second kappa shape index (κ2) is 1.99. The molecule has 1 heteroatoms. The molecule has 0 N–H and O–H groups in total. The highest BCUT2D eigenvalue weighted by Gasteiger charge is 2.33. The first-order chi connectivity index (χ1) is 4.47. The smallest absolute Gasteiger partial charge is 0.106 e. The minimum absolute atomic E-state index is 0.418. The molecule has 2 aliphatic rings. The van der Waals surface area contributed by atoms with E-state index in [2.05, 4.69) is 24.3 Å². The van der Waals surface area contributed by atoms with Crippen molar-refractivity contribution in [2.75, 3.05) is 0 Å². The summed E-state index contributed by atoms with van der Waals surface area (Å²) in [5, 5.41) is 0. The van der Waals surface area contributed by atoms with Crippen molar-refractivity contribution >= 4 is 0 Å². The van der Waals surface area contributed by atoms with Gasteiger partial charge in [0.25, 0.3) is 0 Å². The minimum atomic E-state index is 0.418. The van der Waals surface area contributed by atoms with Crippen LogP contribution < -0.4 is 0 Å². The Bertz CT molecular complexity index is 140. The number of hydrogen-bond donors (Lipinski definition) is 0. The monoisotopic (exact) mass is 122 g/mol. The van der Waals surface area contributed by atoms with E-state index < -0.39 is 0 Å². The van der Waals surface area contributed by atoms with E-state index in [1.165, 1.54) is 12.8 Å². The zero-order valence-corrected chi connectivity index (χ0v) is 5.29. The summed E-state index contributed by atoms with van der Waals surface area (Å²) in [5.74, 6) is 0. The number of hydrogen-bond acceptors (Lipinski definition) is 1. The van der Waals surface area contributed by atoms with Gasteiger partial charge in [0.15, 0.2) is 0 Å². The molecule has 0 radical (unpaired) electrons. The van der Waals surface area contributed by atoms with Gasteiger partial charge in [0.1, 0.15) is 12.2 Å². The van der Waals surface area contributed by atoms with Gasteiger partial charge in [0, 0.05) is 0 Å². The summed E-state index contributed by atoms with van der Waals surface area (Å²) in [4.78, 5) is 0. The predicted octanol–water partition coefficient (Wildman–Crippen LogP) is 1.66. The SMILES string of the molecule is C1=C\C2OC2/C=C\CC/1. The number of fused-ring (bicyclic) bond motifs is 1. The molecule has 0 aromatic rings. The van der Waals surface area contributed by atoms with Crippen molar-refractivity contribution in [3.05, 3.63) is 24.3 Å². The second-order valence-electron chi connectivity index (χ2n) is 2.50. The maximum Gasteiger partial charge on any atom is 0.106 e. The molecule has 0 spiro atoms. The molecule has 2 atom stereocenters. The van der Waals surface area contributed by atoms with Crippen molar-refractivity contribution in [1.82, 2.24) is 0 Å². The lowest BCUT2D eigenvalue weighted by Gasteiger charge is -1.88. The molecular weight excluding hydrogens is 112 g/mol. The zero-order valence-electron chi connectivity index (χ0n) is 5.29. The summed E-state index contributed by atoms with van der Waals surface area (Å²) in [5.41, 5.74) is 0. The third kappa shape index (κ3) is 1.06. The molecule has 2 rings (SSSR count). The van der Waals surface area contributed by atoms with Gasteiger partial charge >= 0.3 is 0 Å². The first-order valence-electron chi connectivity index (χ1n) is 3.45. The Morgan fingerprint density at radius 2 is 1.56 bits per heavy atom. The number of epoxide rings is 1. The average Bonchev–Trinajstić information content (AvgIpc) is 2.46. The Morgan fingerprint density at radius 3 is 2.11 bits per heavy atom. The van der Waals surface area contributed by atoms with Crippen LogP contribution in [-0.4, -0.2) is 12.2 Å². The van der Waals surface area contributed by atoms with Crippen LogP contribution in [0.3, 0.4) is 0 Å². The highest BCUT2D eigenvalue weighted by molar-refractivity contribution is 5.13. The van der Waals surface area contributed by atoms with Crippen molar-refractivity contribution in [3.63, 3.8) is 0 Å². The highest BCUT2D eigenvalue weighted by Crippen LogP contribution is 2.26. The van der Waals surface area contributed by atoms with E-state index in [4.69, 9.17) is 4.74 Å². The molecule has 2 unspecified atom stereocenters. The number of allylic oxidation sites excluding steroid dienone is 2. The van der Waals surface area contributed by atoms with E-state index in [0.717, 1.165) is 0 Å². The molecule has 1 aliphatic heterocycles. The van der Waals surface area contributed by atoms with Gasteiger partial charge in [-0.15, -0.1) is 0 Å². The lowest BCUT2D eigenvalue weighted by Crippen LogP contribution is -1.86. The van der Waals surface area contributed by atoms with Crippen LogP contribution in [0.25, 0.3) is 0 Å². The van der Waals surface area contributed by atoms with Gasteiger partial charge in [-0.25, -0.2) is 0 Å². The van der Waals surface area contributed by atoms with E-state index in [1.54, 1.807) is 0 Å². The Hall–Kier alpha value is -0.560. The summed E-state index contributed by atoms with van der Waals surface area (Å²) in [6.45, 7) is 0. The van der Waals surface area contributed by atoms with Crippen LogP contribution in [0, 0.1) is 0 Å². The Kier molecular flexibility index (Phi) is 1.16. The fourth-order valence-corrected chi connectivity index (χ4v) is 1.10. The molecule has 1 aliphatic carbocycles. The molecule has 0 saturated carbocycles. The van der Waals surface area contributed by atoms with Crippen LogP contribution in [0.15, 0.2) is 24.3 Å². The fourth-order valence-electron chi connectivity index (χ4n) is 1.10. The normalized spacial score (nSPS) is 46.2. The van der Waals surface area contributed by atoms with Gasteiger partial charge in [0.2, 0.25) is 0 Å². The largest absolute Gasteiger partial charge is 0.361 e. The lowest BCUT2D eigenvalue weighted by atomic mass is 10.1. The van der Waals surface area contributed by atoms with Gasteiger partial charge in [0.05, 0.1) is 0 Å². The molecular formula is C8H10O. The van der Waals surface area contributed by atoms with Crippen LogP contribution in [0.2, 0.25) is 0 Å². The highest BCUT2D eigenvalue weighted by atomic mass is 16.6. The first-order valence-corrected chi connectivity index (χ1v) is 3.45. The second-order valence-corrected chi connectivity index (χ2v) is 2.50. The molecule has 1 nitrogen and oxygen atoms in total. The maximum absolute atomic E-state index is 5.26. The molecule has 0 aromatic heterocycles. The van der Waals surface area contributed by atoms with Gasteiger partial charge in [-0.05, 0) is 12.8 Å². The van der Waals surface area contributed by atoms with E-state index in [1.807, 2.05) is 0 Å². The van der Waals surface area contributed by atoms with E-state index in [0.29, 0.717) is 12.2 Å².